The largest absolute Gasteiger partial charge is 0.322 e. The van der Waals surface area contributed by atoms with E-state index in [-0.39, 0.29) is 5.91 Å². The molecule has 0 aliphatic carbocycles. The van der Waals surface area contributed by atoms with Crippen LogP contribution < -0.4 is 5.32 Å². The van der Waals surface area contributed by atoms with Gasteiger partial charge < -0.3 is 5.32 Å². The number of aromatic amines is 1. The highest BCUT2D eigenvalue weighted by Crippen LogP contribution is 2.22. The van der Waals surface area contributed by atoms with E-state index in [0.717, 1.165) is 21.8 Å². The van der Waals surface area contributed by atoms with Crippen molar-refractivity contribution in [3.05, 3.63) is 66.4 Å². The topological polar surface area (TPSA) is 57.8 Å². The number of rotatable bonds is 4. The number of nitrogens with one attached hydrogen (secondary N) is 2. The van der Waals surface area contributed by atoms with E-state index in [9.17, 15) is 4.79 Å². The summed E-state index contributed by atoms with van der Waals surface area (Å²) in [4.78, 5) is 13.3. The Bertz CT molecular complexity index is 767. The van der Waals surface area contributed by atoms with Crippen LogP contribution in [0.4, 0.5) is 5.69 Å². The molecule has 5 heteroatoms. The second-order valence-electron chi connectivity index (χ2n) is 4.70. The van der Waals surface area contributed by atoms with E-state index < -0.39 is 0 Å². The number of aromatic nitrogens is 2. The van der Waals surface area contributed by atoms with Gasteiger partial charge in [0.15, 0.2) is 0 Å². The van der Waals surface area contributed by atoms with E-state index in [0.29, 0.717) is 5.56 Å². The summed E-state index contributed by atoms with van der Waals surface area (Å²) in [6.45, 7) is 0. The first-order valence-corrected chi connectivity index (χ1v) is 8.04. The van der Waals surface area contributed by atoms with Gasteiger partial charge in [-0.15, -0.1) is 11.8 Å². The second kappa shape index (κ2) is 6.49. The molecule has 3 aromatic rings. The average molecular weight is 309 g/mol. The molecule has 0 bridgehead atoms. The lowest BCUT2D eigenvalue weighted by atomic mass is 10.1. The van der Waals surface area contributed by atoms with E-state index in [1.165, 1.54) is 0 Å². The molecule has 0 saturated carbocycles. The number of H-pyrrole nitrogens is 1. The van der Waals surface area contributed by atoms with E-state index >= 15 is 0 Å². The number of hydrogen-bond acceptors (Lipinski definition) is 3. The standard InChI is InChI=1S/C17H15N3OS/c1-22-16-5-3-2-4-14(16)17(21)19-13-8-6-12(7-9-13)15-10-11-18-20-15/h2-11H,1H3,(H,18,20)(H,19,21). The fourth-order valence-corrected chi connectivity index (χ4v) is 2.78. The molecule has 22 heavy (non-hydrogen) atoms. The van der Waals surface area contributed by atoms with Crippen molar-refractivity contribution in [2.75, 3.05) is 11.6 Å². The molecule has 0 radical (unpaired) electrons. The fourth-order valence-electron chi connectivity index (χ4n) is 2.18. The van der Waals surface area contributed by atoms with Gasteiger partial charge in [0.25, 0.3) is 5.91 Å². The SMILES string of the molecule is CSc1ccccc1C(=O)Nc1ccc(-c2ccn[nH]2)cc1. The van der Waals surface area contributed by atoms with Gasteiger partial charge in [0.1, 0.15) is 0 Å². The van der Waals surface area contributed by atoms with Crippen LogP contribution in [-0.2, 0) is 0 Å². The van der Waals surface area contributed by atoms with Gasteiger partial charge in [-0.1, -0.05) is 24.3 Å². The molecule has 1 heterocycles. The number of carbonyl (C=O) groups is 1. The van der Waals surface area contributed by atoms with Gasteiger partial charge in [0.2, 0.25) is 0 Å². The first kappa shape index (κ1) is 14.4. The van der Waals surface area contributed by atoms with Crippen LogP contribution in [0.2, 0.25) is 0 Å². The highest BCUT2D eigenvalue weighted by molar-refractivity contribution is 7.98. The van der Waals surface area contributed by atoms with Gasteiger partial charge in [-0.2, -0.15) is 5.10 Å². The van der Waals surface area contributed by atoms with Gasteiger partial charge in [0, 0.05) is 16.8 Å². The maximum atomic E-state index is 12.4. The Morgan fingerprint density at radius 2 is 1.86 bits per heavy atom. The maximum Gasteiger partial charge on any atom is 0.256 e. The third kappa shape index (κ3) is 3.04. The van der Waals surface area contributed by atoms with Crippen LogP contribution in [0.15, 0.2) is 65.7 Å². The predicted molar refractivity (Wildman–Crippen MR) is 90.2 cm³/mol. The van der Waals surface area contributed by atoms with Crippen LogP contribution in [0, 0.1) is 0 Å². The van der Waals surface area contributed by atoms with E-state index in [2.05, 4.69) is 15.5 Å². The molecule has 1 aromatic heterocycles. The molecule has 4 nitrogen and oxygen atoms in total. The molecule has 0 spiro atoms. The number of carbonyl (C=O) groups excluding carboxylic acids is 1. The van der Waals surface area contributed by atoms with E-state index in [4.69, 9.17) is 0 Å². The molecule has 0 aliphatic heterocycles. The van der Waals surface area contributed by atoms with Crippen molar-refractivity contribution < 1.29 is 4.79 Å². The zero-order valence-electron chi connectivity index (χ0n) is 12.0. The predicted octanol–water partition coefficient (Wildman–Crippen LogP) is 4.05. The van der Waals surface area contributed by atoms with Crippen molar-refractivity contribution in [2.45, 2.75) is 4.90 Å². The Balaban J connectivity index is 1.77. The molecular weight excluding hydrogens is 294 g/mol. The Morgan fingerprint density at radius 3 is 2.55 bits per heavy atom. The maximum absolute atomic E-state index is 12.4. The summed E-state index contributed by atoms with van der Waals surface area (Å²) in [7, 11) is 0. The van der Waals surface area contributed by atoms with Crippen molar-refractivity contribution in [1.29, 1.82) is 0 Å². The monoisotopic (exact) mass is 309 g/mol. The zero-order valence-corrected chi connectivity index (χ0v) is 12.9. The minimum Gasteiger partial charge on any atom is -0.322 e. The highest BCUT2D eigenvalue weighted by atomic mass is 32.2. The van der Waals surface area contributed by atoms with E-state index in [1.54, 1.807) is 18.0 Å². The van der Waals surface area contributed by atoms with Gasteiger partial charge >= 0.3 is 0 Å². The molecule has 0 saturated heterocycles. The summed E-state index contributed by atoms with van der Waals surface area (Å²) in [5.41, 5.74) is 3.43. The van der Waals surface area contributed by atoms with Crippen LogP contribution in [0.3, 0.4) is 0 Å². The van der Waals surface area contributed by atoms with Gasteiger partial charge in [0.05, 0.1) is 11.3 Å². The van der Waals surface area contributed by atoms with Crippen LogP contribution in [0.25, 0.3) is 11.3 Å². The summed E-state index contributed by atoms with van der Waals surface area (Å²) in [6, 6.07) is 17.2. The van der Waals surface area contributed by atoms with Crippen molar-refractivity contribution >= 4 is 23.4 Å². The first-order chi connectivity index (χ1) is 10.8. The minimum absolute atomic E-state index is 0.0979. The van der Waals surface area contributed by atoms with E-state index in [1.807, 2.05) is 60.9 Å². The first-order valence-electron chi connectivity index (χ1n) is 6.82. The normalized spacial score (nSPS) is 10.4. The molecule has 0 unspecified atom stereocenters. The molecule has 1 amide bonds. The molecule has 110 valence electrons. The van der Waals surface area contributed by atoms with Gasteiger partial charge in [-0.25, -0.2) is 0 Å². The molecule has 0 atom stereocenters. The number of nitrogens with zero attached hydrogens (tertiary/aromatic N) is 1. The molecule has 0 fully saturated rings. The molecule has 3 rings (SSSR count). The summed E-state index contributed by atoms with van der Waals surface area (Å²) >= 11 is 1.56. The third-order valence-electron chi connectivity index (χ3n) is 3.31. The Hall–Kier alpha value is -2.53. The van der Waals surface area contributed by atoms with Crippen molar-refractivity contribution in [2.24, 2.45) is 0 Å². The summed E-state index contributed by atoms with van der Waals surface area (Å²) < 4.78 is 0. The third-order valence-corrected chi connectivity index (χ3v) is 4.10. The Morgan fingerprint density at radius 1 is 1.09 bits per heavy atom. The number of hydrogen-bond donors (Lipinski definition) is 2. The Kier molecular flexibility index (Phi) is 4.25. The number of benzene rings is 2. The smallest absolute Gasteiger partial charge is 0.256 e. The van der Waals surface area contributed by atoms with Crippen LogP contribution in [-0.4, -0.2) is 22.4 Å². The Labute approximate surface area is 133 Å². The van der Waals surface area contributed by atoms with Crippen molar-refractivity contribution in [3.63, 3.8) is 0 Å². The number of amides is 1. The summed E-state index contributed by atoms with van der Waals surface area (Å²) in [5, 5.41) is 9.77. The molecular formula is C17H15N3OS. The molecule has 0 aliphatic rings. The molecule has 2 N–H and O–H groups in total. The lowest BCUT2D eigenvalue weighted by Crippen LogP contribution is -2.12. The van der Waals surface area contributed by atoms with Crippen molar-refractivity contribution in [1.82, 2.24) is 10.2 Å². The van der Waals surface area contributed by atoms with Crippen LogP contribution >= 0.6 is 11.8 Å². The average Bonchev–Trinajstić information content (AvgIpc) is 3.10. The van der Waals surface area contributed by atoms with Gasteiger partial charge in [-0.3, -0.25) is 9.89 Å². The second-order valence-corrected chi connectivity index (χ2v) is 5.55. The van der Waals surface area contributed by atoms with Gasteiger partial charge in [-0.05, 0) is 42.2 Å². The molecule has 2 aromatic carbocycles. The van der Waals surface area contributed by atoms with Crippen LogP contribution in [0.1, 0.15) is 10.4 Å². The minimum atomic E-state index is -0.0979. The number of thioether (sulfide) groups is 1. The van der Waals surface area contributed by atoms with Crippen molar-refractivity contribution in [3.8, 4) is 11.3 Å². The van der Waals surface area contributed by atoms with Crippen LogP contribution in [0.5, 0.6) is 0 Å². The lowest BCUT2D eigenvalue weighted by Gasteiger charge is -2.09. The zero-order chi connectivity index (χ0) is 15.4. The highest BCUT2D eigenvalue weighted by Gasteiger charge is 2.10. The lowest BCUT2D eigenvalue weighted by molar-refractivity contribution is 0.102. The quantitative estimate of drug-likeness (QED) is 0.715. The number of anilines is 1. The fraction of sp³-hybridized carbons (Fsp3) is 0.0588. The summed E-state index contributed by atoms with van der Waals surface area (Å²) in [6.07, 6.45) is 3.68. The summed E-state index contributed by atoms with van der Waals surface area (Å²) in [5.74, 6) is -0.0979.